The second-order valence-electron chi connectivity index (χ2n) is 9.40. The van der Waals surface area contributed by atoms with Gasteiger partial charge >= 0.3 is 7.82 Å². The Bertz CT molecular complexity index is 1310. The molecule has 5 rings (SSSR count). The maximum absolute atomic E-state index is 14.3. The summed E-state index contributed by atoms with van der Waals surface area (Å²) in [5.74, 6) is -0.338. The van der Waals surface area contributed by atoms with Crippen LogP contribution >= 0.6 is 19.4 Å². The number of hydrogen-bond donors (Lipinski definition) is 5. The number of aliphatic hydroxyl groups excluding tert-OH is 2. The van der Waals surface area contributed by atoms with Gasteiger partial charge in [-0.2, -0.15) is 5.10 Å². The first-order chi connectivity index (χ1) is 16.5. The monoisotopic (exact) mass is 526 g/mol. The lowest BCUT2D eigenvalue weighted by Gasteiger charge is -2.46. The number of aromatic nitrogens is 3. The second kappa shape index (κ2) is 8.77. The smallest absolute Gasteiger partial charge is 0.390 e. The number of nitrogens with one attached hydrogen (secondary N) is 1. The van der Waals surface area contributed by atoms with Gasteiger partial charge in [0.15, 0.2) is 5.65 Å². The molecule has 13 heteroatoms. The molecule has 3 aromatic rings. The Morgan fingerprint density at radius 1 is 1.29 bits per heavy atom. The van der Waals surface area contributed by atoms with Gasteiger partial charge in [0.25, 0.3) is 0 Å². The van der Waals surface area contributed by atoms with Crippen LogP contribution in [0.4, 0.5) is 10.1 Å². The number of rotatable bonds is 6. The van der Waals surface area contributed by atoms with Crippen molar-refractivity contribution in [1.82, 2.24) is 14.8 Å². The van der Waals surface area contributed by atoms with E-state index in [-0.39, 0.29) is 29.9 Å². The van der Waals surface area contributed by atoms with E-state index in [1.807, 2.05) is 6.92 Å². The second-order valence-corrected chi connectivity index (χ2v) is 11.0. The van der Waals surface area contributed by atoms with E-state index in [4.69, 9.17) is 25.9 Å². The van der Waals surface area contributed by atoms with Crippen LogP contribution < -0.4 is 5.32 Å². The molecule has 4 atom stereocenters. The van der Waals surface area contributed by atoms with Crippen LogP contribution in [0.1, 0.15) is 43.8 Å². The zero-order chi connectivity index (χ0) is 25.1. The van der Waals surface area contributed by atoms with Gasteiger partial charge in [0.2, 0.25) is 0 Å². The van der Waals surface area contributed by atoms with Crippen LogP contribution in [0.3, 0.4) is 0 Å². The first-order valence-corrected chi connectivity index (χ1v) is 13.0. The molecule has 10 nitrogen and oxygen atoms in total. The molecule has 2 saturated carbocycles. The molecule has 2 heterocycles. The summed E-state index contributed by atoms with van der Waals surface area (Å²) in [5, 5.41) is 30.1. The lowest BCUT2D eigenvalue weighted by Crippen LogP contribution is -2.49. The molecule has 188 valence electrons. The van der Waals surface area contributed by atoms with Gasteiger partial charge < -0.3 is 25.3 Å². The van der Waals surface area contributed by atoms with Crippen molar-refractivity contribution in [3.05, 3.63) is 53.1 Å². The third kappa shape index (κ3) is 4.46. The van der Waals surface area contributed by atoms with Gasteiger partial charge in [0.05, 0.1) is 41.6 Å². The molecule has 2 aliphatic rings. The van der Waals surface area contributed by atoms with Crippen molar-refractivity contribution in [3.8, 4) is 0 Å². The number of halogens is 2. The van der Waals surface area contributed by atoms with Crippen LogP contribution in [-0.2, 0) is 9.09 Å². The number of hydrogen-bond acceptors (Lipinski definition) is 7. The van der Waals surface area contributed by atoms with Crippen molar-refractivity contribution >= 4 is 36.1 Å². The summed E-state index contributed by atoms with van der Waals surface area (Å²) in [5.41, 5.74) is 0.704. The molecule has 2 fully saturated rings. The number of phosphoric acid groups is 1. The number of anilines is 1. The van der Waals surface area contributed by atoms with E-state index in [0.717, 1.165) is 0 Å². The highest BCUT2D eigenvalue weighted by Gasteiger charge is 2.61. The molecule has 2 aromatic heterocycles. The summed E-state index contributed by atoms with van der Waals surface area (Å²) in [7, 11) is -4.64. The Morgan fingerprint density at radius 2 is 2.00 bits per heavy atom. The summed E-state index contributed by atoms with van der Waals surface area (Å²) in [6.45, 7) is 1.82. The van der Waals surface area contributed by atoms with Crippen molar-refractivity contribution < 1.29 is 33.5 Å². The van der Waals surface area contributed by atoms with E-state index >= 15 is 0 Å². The Kier molecular flexibility index (Phi) is 6.16. The van der Waals surface area contributed by atoms with Gasteiger partial charge in [-0.25, -0.2) is 18.6 Å². The van der Waals surface area contributed by atoms with E-state index in [2.05, 4.69) is 15.4 Å². The Labute approximate surface area is 204 Å². The van der Waals surface area contributed by atoms with Crippen LogP contribution in [-0.4, -0.2) is 53.1 Å². The molecule has 0 saturated heterocycles. The quantitative estimate of drug-likeness (QED) is 0.241. The lowest BCUT2D eigenvalue weighted by molar-refractivity contribution is -0.110. The van der Waals surface area contributed by atoms with E-state index in [1.165, 1.54) is 10.7 Å². The van der Waals surface area contributed by atoms with Gasteiger partial charge in [-0.05, 0) is 38.3 Å². The zero-order valence-corrected chi connectivity index (χ0v) is 20.3. The molecule has 0 bridgehead atoms. The summed E-state index contributed by atoms with van der Waals surface area (Å²) < 4.78 is 31.6. The molecule has 5 N–H and O–H groups in total. The minimum absolute atomic E-state index is 0.170. The number of nitrogens with zero attached hydrogens (tertiary/aromatic N) is 3. The normalized spacial score (nSPS) is 29.5. The highest BCUT2D eigenvalue weighted by atomic mass is 35.5. The number of pyridine rings is 1. The third-order valence-corrected chi connectivity index (χ3v) is 7.88. The highest BCUT2D eigenvalue weighted by Crippen LogP contribution is 2.60. The summed E-state index contributed by atoms with van der Waals surface area (Å²) >= 11 is 6.29. The van der Waals surface area contributed by atoms with E-state index in [9.17, 15) is 19.2 Å². The minimum Gasteiger partial charge on any atom is -0.390 e. The van der Waals surface area contributed by atoms with E-state index in [1.54, 1.807) is 30.5 Å². The molecule has 0 radical (unpaired) electrons. The topological polar surface area (TPSA) is 150 Å². The largest absolute Gasteiger partial charge is 0.469 e. The summed E-state index contributed by atoms with van der Waals surface area (Å²) in [6.07, 6.45) is -0.714. The fraction of sp³-hybridized carbons (Fsp3) is 0.455. The highest BCUT2D eigenvalue weighted by molar-refractivity contribution is 7.46. The molecule has 0 aliphatic heterocycles. The molecule has 35 heavy (non-hydrogen) atoms. The number of benzene rings is 1. The average molecular weight is 527 g/mol. The van der Waals surface area contributed by atoms with Crippen molar-refractivity contribution in [1.29, 1.82) is 0 Å². The van der Waals surface area contributed by atoms with Crippen molar-refractivity contribution in [2.75, 3.05) is 5.32 Å². The van der Waals surface area contributed by atoms with Crippen LogP contribution in [0.2, 0.25) is 5.15 Å². The molecular weight excluding hydrogens is 502 g/mol. The minimum atomic E-state index is -4.64. The Balaban J connectivity index is 1.42. The van der Waals surface area contributed by atoms with Crippen LogP contribution in [0.25, 0.3) is 11.0 Å². The van der Waals surface area contributed by atoms with Gasteiger partial charge in [0.1, 0.15) is 17.1 Å². The molecule has 2 aliphatic carbocycles. The Hall–Kier alpha value is -2.11. The van der Waals surface area contributed by atoms with Crippen molar-refractivity contribution in [3.63, 3.8) is 0 Å². The fourth-order valence-electron chi connectivity index (χ4n) is 5.47. The number of phosphoric ester groups is 1. The van der Waals surface area contributed by atoms with Gasteiger partial charge in [-0.15, -0.1) is 0 Å². The zero-order valence-electron chi connectivity index (χ0n) is 18.6. The van der Waals surface area contributed by atoms with E-state index < -0.39 is 37.6 Å². The lowest BCUT2D eigenvalue weighted by atomic mass is 9.64. The maximum atomic E-state index is 14.3. The fourth-order valence-corrected chi connectivity index (χ4v) is 6.20. The van der Waals surface area contributed by atoms with Crippen molar-refractivity contribution in [2.45, 2.75) is 56.6 Å². The molecule has 1 aromatic carbocycles. The predicted molar refractivity (Wildman–Crippen MR) is 125 cm³/mol. The molecular formula is C22H25ClFN4O6P. The predicted octanol–water partition coefficient (Wildman–Crippen LogP) is 3.32. The number of aliphatic hydroxyl groups is 2. The SMILES string of the molecule is C[C@H](Nc1cc(Cl)nc2c1cnn2[C@@H]1CC2(CC(OP(=O)(O)O)C2)[C@@H](O)[C@H]1O)c1ccccc1F. The number of fused-ring (bicyclic) bond motifs is 1. The summed E-state index contributed by atoms with van der Waals surface area (Å²) in [6, 6.07) is 7.04. The molecule has 1 spiro atoms. The average Bonchev–Trinajstić information content (AvgIpc) is 3.27. The first kappa shape index (κ1) is 24.6. The van der Waals surface area contributed by atoms with Crippen LogP contribution in [0.5, 0.6) is 0 Å². The Morgan fingerprint density at radius 3 is 2.69 bits per heavy atom. The molecule has 0 amide bonds. The standard InChI is InChI=1S/C22H25ClFN4O6P/c1-11(13-4-2-3-5-15(13)24)26-16-6-18(23)27-21-14(16)10-25-28(21)17-9-22(20(30)19(17)29)7-12(8-22)34-35(31,32)33/h2-6,10-12,17,19-20,29-30H,7-9H2,1H3,(H,26,27)(H2,31,32,33)/t11-,12?,17+,19-,20-,22?/m0/s1. The molecule has 0 unspecified atom stereocenters. The summed E-state index contributed by atoms with van der Waals surface area (Å²) in [4.78, 5) is 22.5. The maximum Gasteiger partial charge on any atom is 0.469 e. The van der Waals surface area contributed by atoms with Crippen molar-refractivity contribution in [2.24, 2.45) is 5.41 Å². The van der Waals surface area contributed by atoms with Crippen LogP contribution in [0, 0.1) is 11.2 Å². The van der Waals surface area contributed by atoms with Crippen LogP contribution in [0.15, 0.2) is 36.5 Å². The van der Waals surface area contributed by atoms with Gasteiger partial charge in [0, 0.05) is 11.0 Å². The first-order valence-electron chi connectivity index (χ1n) is 11.1. The van der Waals surface area contributed by atoms with E-state index in [0.29, 0.717) is 28.7 Å². The van der Waals surface area contributed by atoms with Gasteiger partial charge in [-0.3, -0.25) is 4.52 Å². The van der Waals surface area contributed by atoms with Gasteiger partial charge in [-0.1, -0.05) is 29.8 Å². The third-order valence-electron chi connectivity index (χ3n) is 7.11.